The van der Waals surface area contributed by atoms with Gasteiger partial charge in [-0.1, -0.05) is 17.7 Å². The minimum absolute atomic E-state index is 0.143. The van der Waals surface area contributed by atoms with Crippen LogP contribution in [0.2, 0.25) is 5.02 Å². The van der Waals surface area contributed by atoms with Gasteiger partial charge in [0, 0.05) is 37.5 Å². The van der Waals surface area contributed by atoms with E-state index >= 15 is 0 Å². The molecular formula is C16H21ClN2O3. The van der Waals surface area contributed by atoms with Crippen LogP contribution in [0.5, 0.6) is 5.75 Å². The molecule has 6 heteroatoms. The molecule has 0 aliphatic rings. The van der Waals surface area contributed by atoms with E-state index in [0.29, 0.717) is 23.0 Å². The van der Waals surface area contributed by atoms with E-state index in [1.54, 1.807) is 18.2 Å². The summed E-state index contributed by atoms with van der Waals surface area (Å²) in [6, 6.07) is 3.45. The number of benzene rings is 1. The first-order chi connectivity index (χ1) is 10.4. The average molecular weight is 325 g/mol. The third-order valence-electron chi connectivity index (χ3n) is 3.14. The van der Waals surface area contributed by atoms with Crippen LogP contribution in [0.15, 0.2) is 24.8 Å². The third kappa shape index (κ3) is 4.77. The van der Waals surface area contributed by atoms with E-state index in [0.717, 1.165) is 5.56 Å². The fourth-order valence-corrected chi connectivity index (χ4v) is 2.11. The highest BCUT2D eigenvalue weighted by atomic mass is 35.5. The van der Waals surface area contributed by atoms with Crippen LogP contribution in [0.1, 0.15) is 18.9 Å². The largest absolute Gasteiger partial charge is 0.495 e. The summed E-state index contributed by atoms with van der Waals surface area (Å²) in [5, 5.41) is 3.24. The van der Waals surface area contributed by atoms with Gasteiger partial charge in [-0.3, -0.25) is 9.59 Å². The maximum Gasteiger partial charge on any atom is 0.223 e. The lowest BCUT2D eigenvalue weighted by Gasteiger charge is -2.24. The molecule has 0 heterocycles. The molecule has 22 heavy (non-hydrogen) atoms. The van der Waals surface area contributed by atoms with Crippen LogP contribution in [-0.4, -0.2) is 32.0 Å². The van der Waals surface area contributed by atoms with E-state index in [4.69, 9.17) is 16.3 Å². The van der Waals surface area contributed by atoms with Gasteiger partial charge in [-0.05, 0) is 18.6 Å². The van der Waals surface area contributed by atoms with Gasteiger partial charge in [0.25, 0.3) is 0 Å². The molecule has 0 bridgehead atoms. The molecule has 0 atom stereocenters. The van der Waals surface area contributed by atoms with Crippen molar-refractivity contribution in [3.8, 4) is 5.75 Å². The lowest BCUT2D eigenvalue weighted by molar-refractivity contribution is -0.120. The SMILES string of the molecule is C=CCNC(=O)CCN(C(C)=O)c1cc(C)c(Cl)cc1OC. The Hall–Kier alpha value is -2.01. The molecule has 1 aromatic rings. The van der Waals surface area contributed by atoms with Gasteiger partial charge in [-0.25, -0.2) is 0 Å². The normalized spacial score (nSPS) is 10.0. The summed E-state index contributed by atoms with van der Waals surface area (Å²) in [5.74, 6) is 0.185. The van der Waals surface area contributed by atoms with Gasteiger partial charge in [0.2, 0.25) is 11.8 Å². The molecule has 0 aliphatic heterocycles. The van der Waals surface area contributed by atoms with E-state index in [-0.39, 0.29) is 24.8 Å². The van der Waals surface area contributed by atoms with Crippen molar-refractivity contribution in [1.29, 1.82) is 0 Å². The molecule has 120 valence electrons. The highest BCUT2D eigenvalue weighted by Gasteiger charge is 2.18. The van der Waals surface area contributed by atoms with Crippen molar-refractivity contribution < 1.29 is 14.3 Å². The quantitative estimate of drug-likeness (QED) is 0.784. The molecule has 5 nitrogen and oxygen atoms in total. The molecule has 0 radical (unpaired) electrons. The Balaban J connectivity index is 2.96. The van der Waals surface area contributed by atoms with Gasteiger partial charge in [-0.2, -0.15) is 0 Å². The highest BCUT2D eigenvalue weighted by Crippen LogP contribution is 2.34. The number of aryl methyl sites for hydroxylation is 1. The van der Waals surface area contributed by atoms with Crippen LogP contribution in [0, 0.1) is 6.92 Å². The number of rotatable bonds is 7. The zero-order valence-electron chi connectivity index (χ0n) is 13.1. The lowest BCUT2D eigenvalue weighted by atomic mass is 10.1. The Morgan fingerprint density at radius 3 is 2.68 bits per heavy atom. The number of nitrogens with zero attached hydrogens (tertiary/aromatic N) is 1. The van der Waals surface area contributed by atoms with Crippen LogP contribution >= 0.6 is 11.6 Å². The van der Waals surface area contributed by atoms with Crippen molar-refractivity contribution in [1.82, 2.24) is 5.32 Å². The van der Waals surface area contributed by atoms with Gasteiger partial charge >= 0.3 is 0 Å². The molecule has 1 aromatic carbocycles. The van der Waals surface area contributed by atoms with Crippen molar-refractivity contribution in [2.45, 2.75) is 20.3 Å². The minimum atomic E-state index is -0.170. The fraction of sp³-hybridized carbons (Fsp3) is 0.375. The molecule has 0 saturated carbocycles. The number of halogens is 1. The summed E-state index contributed by atoms with van der Waals surface area (Å²) in [5.41, 5.74) is 1.44. The summed E-state index contributed by atoms with van der Waals surface area (Å²) < 4.78 is 5.29. The molecule has 0 spiro atoms. The van der Waals surface area contributed by atoms with Crippen LogP contribution < -0.4 is 15.0 Å². The molecule has 0 unspecified atom stereocenters. The van der Waals surface area contributed by atoms with Gasteiger partial charge in [0.05, 0.1) is 12.8 Å². The van der Waals surface area contributed by atoms with Crippen molar-refractivity contribution >= 4 is 29.1 Å². The summed E-state index contributed by atoms with van der Waals surface area (Å²) >= 11 is 6.08. The number of carbonyl (C=O) groups is 2. The highest BCUT2D eigenvalue weighted by molar-refractivity contribution is 6.31. The van der Waals surface area contributed by atoms with Gasteiger partial charge in [0.15, 0.2) is 0 Å². The Kier molecular flexibility index (Phi) is 6.92. The molecule has 1 rings (SSSR count). The molecule has 1 N–H and O–H groups in total. The molecule has 0 saturated heterocycles. The Labute approximate surface area is 135 Å². The Bertz CT molecular complexity index is 573. The zero-order valence-corrected chi connectivity index (χ0v) is 13.9. The molecule has 0 aromatic heterocycles. The zero-order chi connectivity index (χ0) is 16.7. The van der Waals surface area contributed by atoms with Crippen LogP contribution in [0.25, 0.3) is 0 Å². The number of anilines is 1. The van der Waals surface area contributed by atoms with Gasteiger partial charge in [-0.15, -0.1) is 6.58 Å². The average Bonchev–Trinajstić information content (AvgIpc) is 2.48. The van der Waals surface area contributed by atoms with Crippen molar-refractivity contribution in [2.75, 3.05) is 25.1 Å². The smallest absolute Gasteiger partial charge is 0.223 e. The first-order valence-corrected chi connectivity index (χ1v) is 7.28. The molecule has 0 aliphatic carbocycles. The van der Waals surface area contributed by atoms with E-state index in [1.165, 1.54) is 18.9 Å². The van der Waals surface area contributed by atoms with E-state index < -0.39 is 0 Å². The number of hydrogen-bond donors (Lipinski definition) is 1. The first kappa shape index (κ1) is 18.0. The topological polar surface area (TPSA) is 58.6 Å². The van der Waals surface area contributed by atoms with Crippen molar-refractivity contribution in [3.05, 3.63) is 35.4 Å². The lowest BCUT2D eigenvalue weighted by Crippen LogP contribution is -2.34. The number of nitrogens with one attached hydrogen (secondary N) is 1. The van der Waals surface area contributed by atoms with E-state index in [1.807, 2.05) is 6.92 Å². The van der Waals surface area contributed by atoms with Crippen molar-refractivity contribution in [2.24, 2.45) is 0 Å². The third-order valence-corrected chi connectivity index (χ3v) is 3.54. The predicted octanol–water partition coefficient (Wildman–Crippen LogP) is 2.70. The van der Waals surface area contributed by atoms with Gasteiger partial charge in [0.1, 0.15) is 5.75 Å². The molecule has 2 amide bonds. The van der Waals surface area contributed by atoms with Crippen molar-refractivity contribution in [3.63, 3.8) is 0 Å². The first-order valence-electron chi connectivity index (χ1n) is 6.90. The standard InChI is InChI=1S/C16H21ClN2O3/c1-5-7-18-16(21)6-8-19(12(3)20)14-9-11(2)13(17)10-15(14)22-4/h5,9-10H,1,6-8H2,2-4H3,(H,18,21). The summed E-state index contributed by atoms with van der Waals surface area (Å²) in [4.78, 5) is 25.1. The number of hydrogen-bond acceptors (Lipinski definition) is 3. The Morgan fingerprint density at radius 2 is 2.14 bits per heavy atom. The number of methoxy groups -OCH3 is 1. The van der Waals surface area contributed by atoms with E-state index in [2.05, 4.69) is 11.9 Å². The maximum atomic E-state index is 11.9. The monoisotopic (exact) mass is 324 g/mol. The number of amides is 2. The molecule has 0 fully saturated rings. The van der Waals surface area contributed by atoms with Crippen LogP contribution in [0.3, 0.4) is 0 Å². The summed E-state index contributed by atoms with van der Waals surface area (Å²) in [6.45, 7) is 7.50. The van der Waals surface area contributed by atoms with Crippen LogP contribution in [-0.2, 0) is 9.59 Å². The number of carbonyl (C=O) groups excluding carboxylic acids is 2. The predicted molar refractivity (Wildman–Crippen MR) is 88.6 cm³/mol. The van der Waals surface area contributed by atoms with Crippen LogP contribution in [0.4, 0.5) is 5.69 Å². The minimum Gasteiger partial charge on any atom is -0.495 e. The summed E-state index contributed by atoms with van der Waals surface area (Å²) in [6.07, 6.45) is 1.80. The number of ether oxygens (including phenoxy) is 1. The second-order valence-electron chi connectivity index (χ2n) is 4.79. The Morgan fingerprint density at radius 1 is 1.45 bits per heavy atom. The second-order valence-corrected chi connectivity index (χ2v) is 5.19. The second kappa shape index (κ2) is 8.44. The van der Waals surface area contributed by atoms with Gasteiger partial charge < -0.3 is 15.0 Å². The fourth-order valence-electron chi connectivity index (χ4n) is 1.96. The van der Waals surface area contributed by atoms with E-state index in [9.17, 15) is 9.59 Å². The maximum absolute atomic E-state index is 11.9. The summed E-state index contributed by atoms with van der Waals surface area (Å²) in [7, 11) is 1.51. The molecular weight excluding hydrogens is 304 g/mol.